The smallest absolute Gasteiger partial charge is 0.444 e. The van der Waals surface area contributed by atoms with Crippen molar-refractivity contribution in [3.63, 3.8) is 0 Å². The van der Waals surface area contributed by atoms with E-state index in [9.17, 15) is 18.0 Å². The molecule has 4 nitrogen and oxygen atoms in total. The third kappa shape index (κ3) is 4.43. The molecule has 2 fully saturated rings. The van der Waals surface area contributed by atoms with Gasteiger partial charge in [0.25, 0.3) is 0 Å². The second kappa shape index (κ2) is 6.35. The van der Waals surface area contributed by atoms with Crippen LogP contribution in [0.1, 0.15) is 51.5 Å². The molecule has 1 aliphatic carbocycles. The van der Waals surface area contributed by atoms with E-state index in [-0.39, 0.29) is 23.2 Å². The highest BCUT2D eigenvalue weighted by molar-refractivity contribution is 5.69. The lowest BCUT2D eigenvalue weighted by atomic mass is 9.77. The van der Waals surface area contributed by atoms with E-state index in [2.05, 4.69) is 4.74 Å². The van der Waals surface area contributed by atoms with Gasteiger partial charge in [0.05, 0.1) is 0 Å². The van der Waals surface area contributed by atoms with Crippen molar-refractivity contribution in [3.05, 3.63) is 29.8 Å². The van der Waals surface area contributed by atoms with Crippen LogP contribution in [0.5, 0.6) is 5.75 Å². The molecule has 0 N–H and O–H groups in total. The Kier molecular flexibility index (Phi) is 4.61. The number of rotatable bonds is 2. The SMILES string of the molecule is CC(C)(C)OC(=O)N1CC2(CCC(c3cccc(OC(F)(F)F)c3)C2)C1. The molecule has 0 bridgehead atoms. The molecular weight excluding hydrogens is 347 g/mol. The van der Waals surface area contributed by atoms with E-state index in [0.29, 0.717) is 13.1 Å². The van der Waals surface area contributed by atoms with E-state index >= 15 is 0 Å². The second-order valence-electron chi connectivity index (χ2n) is 8.40. The summed E-state index contributed by atoms with van der Waals surface area (Å²) in [6, 6.07) is 6.23. The van der Waals surface area contributed by atoms with Crippen molar-refractivity contribution in [3.8, 4) is 5.75 Å². The molecule has 144 valence electrons. The molecule has 26 heavy (non-hydrogen) atoms. The summed E-state index contributed by atoms with van der Waals surface area (Å²) in [7, 11) is 0. The lowest BCUT2D eigenvalue weighted by Crippen LogP contribution is -2.58. The number of benzene rings is 1. The molecule has 0 radical (unpaired) electrons. The van der Waals surface area contributed by atoms with Gasteiger partial charge in [-0.1, -0.05) is 12.1 Å². The highest BCUT2D eigenvalue weighted by Crippen LogP contribution is 2.52. The topological polar surface area (TPSA) is 38.8 Å². The number of hydrogen-bond acceptors (Lipinski definition) is 3. The fourth-order valence-electron chi connectivity index (χ4n) is 3.96. The van der Waals surface area contributed by atoms with Crippen LogP contribution in [0, 0.1) is 5.41 Å². The fraction of sp³-hybridized carbons (Fsp3) is 0.632. The van der Waals surface area contributed by atoms with Gasteiger partial charge in [-0.3, -0.25) is 0 Å². The predicted molar refractivity (Wildman–Crippen MR) is 90.0 cm³/mol. The van der Waals surface area contributed by atoms with Crippen LogP contribution in [-0.4, -0.2) is 36.0 Å². The lowest BCUT2D eigenvalue weighted by molar-refractivity contribution is -0.274. The van der Waals surface area contributed by atoms with Gasteiger partial charge >= 0.3 is 12.5 Å². The van der Waals surface area contributed by atoms with Crippen LogP contribution in [0.3, 0.4) is 0 Å². The molecule has 0 aromatic heterocycles. The zero-order chi connectivity index (χ0) is 19.2. The first-order chi connectivity index (χ1) is 11.9. The van der Waals surface area contributed by atoms with Gasteiger partial charge in [-0.2, -0.15) is 0 Å². The number of carbonyl (C=O) groups excluding carboxylic acids is 1. The highest BCUT2D eigenvalue weighted by atomic mass is 19.4. The summed E-state index contributed by atoms with van der Waals surface area (Å²) in [5.74, 6) is 0.00695. The van der Waals surface area contributed by atoms with E-state index in [1.807, 2.05) is 26.8 Å². The molecule has 1 unspecified atom stereocenters. The van der Waals surface area contributed by atoms with E-state index in [1.54, 1.807) is 11.0 Å². The van der Waals surface area contributed by atoms with Crippen molar-refractivity contribution in [1.29, 1.82) is 0 Å². The third-order valence-corrected chi connectivity index (χ3v) is 4.97. The van der Waals surface area contributed by atoms with E-state index in [1.165, 1.54) is 12.1 Å². The summed E-state index contributed by atoms with van der Waals surface area (Å²) >= 11 is 0. The summed E-state index contributed by atoms with van der Waals surface area (Å²) in [6.07, 6.45) is -2.26. The van der Waals surface area contributed by atoms with Crippen molar-refractivity contribution >= 4 is 6.09 Å². The largest absolute Gasteiger partial charge is 0.573 e. The van der Waals surface area contributed by atoms with Crippen molar-refractivity contribution in [2.45, 2.75) is 57.9 Å². The maximum Gasteiger partial charge on any atom is 0.573 e. The molecule has 1 aromatic carbocycles. The zero-order valence-corrected chi connectivity index (χ0v) is 15.2. The summed E-state index contributed by atoms with van der Waals surface area (Å²) in [4.78, 5) is 13.8. The van der Waals surface area contributed by atoms with Gasteiger partial charge in [-0.15, -0.1) is 13.2 Å². The van der Waals surface area contributed by atoms with Gasteiger partial charge in [0, 0.05) is 18.5 Å². The second-order valence-corrected chi connectivity index (χ2v) is 8.40. The molecule has 1 amide bonds. The van der Waals surface area contributed by atoms with Crippen molar-refractivity contribution < 1.29 is 27.4 Å². The molecule has 1 aliphatic heterocycles. The monoisotopic (exact) mass is 371 g/mol. The molecule has 2 aliphatic rings. The maximum atomic E-state index is 12.4. The molecule has 1 spiro atoms. The van der Waals surface area contributed by atoms with E-state index < -0.39 is 12.0 Å². The highest BCUT2D eigenvalue weighted by Gasteiger charge is 2.50. The molecule has 1 aromatic rings. The van der Waals surface area contributed by atoms with Gasteiger partial charge < -0.3 is 14.4 Å². The summed E-state index contributed by atoms with van der Waals surface area (Å²) < 4.78 is 46.6. The first-order valence-electron chi connectivity index (χ1n) is 8.78. The Balaban J connectivity index is 1.59. The minimum absolute atomic E-state index is 0.0580. The van der Waals surface area contributed by atoms with E-state index in [0.717, 1.165) is 24.8 Å². The first kappa shape index (κ1) is 18.9. The number of halogens is 3. The quantitative estimate of drug-likeness (QED) is 0.727. The minimum Gasteiger partial charge on any atom is -0.444 e. The number of amides is 1. The summed E-state index contributed by atoms with van der Waals surface area (Å²) in [6.45, 7) is 6.81. The standard InChI is InChI=1S/C19H24F3NO3/c1-17(2,3)26-16(24)23-11-18(12-23)8-7-14(10-18)13-5-4-6-15(9-13)25-19(20,21)22/h4-6,9,14H,7-8,10-12H2,1-3H3. The first-order valence-corrected chi connectivity index (χ1v) is 8.78. The predicted octanol–water partition coefficient (Wildman–Crippen LogP) is 5.09. The molecule has 1 saturated heterocycles. The van der Waals surface area contributed by atoms with Gasteiger partial charge in [-0.05, 0) is 63.6 Å². The number of ether oxygens (including phenoxy) is 2. The van der Waals surface area contributed by atoms with Crippen LogP contribution in [0.4, 0.5) is 18.0 Å². The maximum absolute atomic E-state index is 12.4. The summed E-state index contributed by atoms with van der Waals surface area (Å²) in [5, 5.41) is 0. The number of nitrogens with zero attached hydrogens (tertiary/aromatic N) is 1. The number of alkyl halides is 3. The van der Waals surface area contributed by atoms with Gasteiger partial charge in [-0.25, -0.2) is 4.79 Å². The number of carbonyl (C=O) groups is 1. The van der Waals surface area contributed by atoms with Crippen molar-refractivity contribution in [2.75, 3.05) is 13.1 Å². The number of hydrogen-bond donors (Lipinski definition) is 0. The van der Waals surface area contributed by atoms with Gasteiger partial charge in [0.2, 0.25) is 0 Å². The van der Waals surface area contributed by atoms with Gasteiger partial charge in [0.1, 0.15) is 11.4 Å². The Labute approximate surface area is 151 Å². The van der Waals surface area contributed by atoms with Gasteiger partial charge in [0.15, 0.2) is 0 Å². The Bertz CT molecular complexity index is 675. The van der Waals surface area contributed by atoms with Crippen molar-refractivity contribution in [1.82, 2.24) is 4.90 Å². The van der Waals surface area contributed by atoms with Crippen LogP contribution in [0.25, 0.3) is 0 Å². The van der Waals surface area contributed by atoms with E-state index in [4.69, 9.17) is 4.74 Å². The molecular formula is C19H24F3NO3. The van der Waals surface area contributed by atoms with Crippen molar-refractivity contribution in [2.24, 2.45) is 5.41 Å². The summed E-state index contributed by atoms with van der Waals surface area (Å²) in [5.41, 5.74) is 0.402. The van der Waals surface area contributed by atoms with Crippen LogP contribution in [0.15, 0.2) is 24.3 Å². The van der Waals surface area contributed by atoms with Crippen LogP contribution >= 0.6 is 0 Å². The average molecular weight is 371 g/mol. The molecule has 1 atom stereocenters. The molecule has 1 saturated carbocycles. The lowest BCUT2D eigenvalue weighted by Gasteiger charge is -2.48. The Hall–Kier alpha value is -1.92. The molecule has 1 heterocycles. The van der Waals surface area contributed by atoms with Crippen LogP contribution < -0.4 is 4.74 Å². The number of likely N-dealkylation sites (tertiary alicyclic amines) is 1. The van der Waals surface area contributed by atoms with Crippen LogP contribution in [0.2, 0.25) is 0 Å². The fourth-order valence-corrected chi connectivity index (χ4v) is 3.96. The zero-order valence-electron chi connectivity index (χ0n) is 15.2. The van der Waals surface area contributed by atoms with Crippen LogP contribution in [-0.2, 0) is 4.74 Å². The Morgan fingerprint density at radius 3 is 2.54 bits per heavy atom. The molecule has 3 rings (SSSR count). The normalized spacial score (nSPS) is 22.2. The minimum atomic E-state index is -4.68. The molecule has 7 heteroatoms. The Morgan fingerprint density at radius 2 is 1.92 bits per heavy atom. The third-order valence-electron chi connectivity index (χ3n) is 4.97. The average Bonchev–Trinajstić information content (AvgIpc) is 2.87. The Morgan fingerprint density at radius 1 is 1.23 bits per heavy atom.